The zero-order valence-electron chi connectivity index (χ0n) is 18.9. The minimum absolute atomic E-state index is 0.669. The Morgan fingerprint density at radius 3 is 1.50 bits per heavy atom. The molecule has 0 aliphatic carbocycles. The molecule has 0 unspecified atom stereocenters. The van der Waals surface area contributed by atoms with Gasteiger partial charge in [-0.3, -0.25) is 0 Å². The summed E-state index contributed by atoms with van der Waals surface area (Å²) in [5.74, 6) is 2.42. The predicted molar refractivity (Wildman–Crippen MR) is 125 cm³/mol. The van der Waals surface area contributed by atoms with Gasteiger partial charge in [0.25, 0.3) is 0 Å². The van der Waals surface area contributed by atoms with Gasteiger partial charge in [0.05, 0.1) is 0 Å². The molecule has 0 spiro atoms. The number of nitrogens with zero attached hydrogens (tertiary/aromatic N) is 1. The zero-order chi connectivity index (χ0) is 20.3. The molecule has 0 aromatic rings. The van der Waals surface area contributed by atoms with Crippen LogP contribution in [0, 0.1) is 0 Å². The van der Waals surface area contributed by atoms with E-state index in [9.17, 15) is 0 Å². The summed E-state index contributed by atoms with van der Waals surface area (Å²) >= 11 is 2.07. The van der Waals surface area contributed by atoms with Gasteiger partial charge in [0.2, 0.25) is 0 Å². The van der Waals surface area contributed by atoms with E-state index in [1.54, 1.807) is 0 Å². The lowest BCUT2D eigenvalue weighted by Gasteiger charge is -2.43. The summed E-state index contributed by atoms with van der Waals surface area (Å²) < 4.78 is 20.7. The predicted octanol–water partition coefficient (Wildman–Crippen LogP) is 5.52. The highest BCUT2D eigenvalue weighted by atomic mass is 32.2. The maximum atomic E-state index is 5.93. The molecule has 0 rings (SSSR count). The van der Waals surface area contributed by atoms with E-state index in [0.29, 0.717) is 19.8 Å². The monoisotopic (exact) mass is 439 g/mol. The minimum Gasteiger partial charge on any atom is -0.374 e. The van der Waals surface area contributed by atoms with Crippen LogP contribution in [-0.2, 0) is 13.3 Å². The van der Waals surface area contributed by atoms with Gasteiger partial charge in [-0.05, 0) is 51.7 Å². The van der Waals surface area contributed by atoms with Crippen LogP contribution in [0.4, 0.5) is 0 Å². The van der Waals surface area contributed by atoms with Crippen LogP contribution in [0.25, 0.3) is 0 Å². The van der Waals surface area contributed by atoms with E-state index in [1.165, 1.54) is 24.5 Å². The number of rotatable bonds is 16. The summed E-state index contributed by atoms with van der Waals surface area (Å²) in [6.45, 7) is 24.3. The highest BCUT2D eigenvalue weighted by molar-refractivity contribution is 7.99. The Balaban J connectivity index is 4.21. The average molecular weight is 440 g/mol. The van der Waals surface area contributed by atoms with E-state index in [1.807, 2.05) is 20.8 Å². The summed E-state index contributed by atoms with van der Waals surface area (Å²) in [4.78, 5) is 0. The first kappa shape index (κ1) is 26.8. The molecule has 0 fully saturated rings. The number of hydrogen-bond donors (Lipinski definition) is 0. The van der Waals surface area contributed by atoms with Gasteiger partial charge in [0, 0.05) is 25.9 Å². The lowest BCUT2D eigenvalue weighted by atomic mass is 10.5. The molecule has 158 valence electrons. The van der Waals surface area contributed by atoms with Gasteiger partial charge in [-0.2, -0.15) is 11.8 Å². The molecule has 4 nitrogen and oxygen atoms in total. The SMILES string of the molecule is CCO[Si](CCCSCCCN([Si](C)(C)C)[Si](C)(C)C)(OCC)OCC. The van der Waals surface area contributed by atoms with Crippen molar-refractivity contribution in [3.8, 4) is 0 Å². The molecule has 8 heteroatoms. The minimum atomic E-state index is -2.44. The molecule has 0 aromatic carbocycles. The highest BCUT2D eigenvalue weighted by Gasteiger charge is 2.39. The summed E-state index contributed by atoms with van der Waals surface area (Å²) in [6, 6.07) is 0.936. The Morgan fingerprint density at radius 2 is 1.12 bits per heavy atom. The van der Waals surface area contributed by atoms with Crippen molar-refractivity contribution in [2.24, 2.45) is 0 Å². The highest BCUT2D eigenvalue weighted by Crippen LogP contribution is 2.22. The van der Waals surface area contributed by atoms with Gasteiger partial charge < -0.3 is 17.5 Å². The normalized spacial score (nSPS) is 13.6. The molecule has 0 aliphatic rings. The third-order valence-electron chi connectivity index (χ3n) is 4.15. The lowest BCUT2D eigenvalue weighted by molar-refractivity contribution is 0.0712. The van der Waals surface area contributed by atoms with Crippen molar-refractivity contribution >= 4 is 37.0 Å². The van der Waals surface area contributed by atoms with Crippen LogP contribution in [0.1, 0.15) is 33.6 Å². The Hall–Kier alpha value is 0.841. The van der Waals surface area contributed by atoms with Gasteiger partial charge >= 0.3 is 8.80 Å². The van der Waals surface area contributed by atoms with Gasteiger partial charge in [0.15, 0.2) is 0 Å². The second-order valence-electron chi connectivity index (χ2n) is 8.54. The zero-order valence-corrected chi connectivity index (χ0v) is 22.8. The van der Waals surface area contributed by atoms with E-state index in [2.05, 4.69) is 55.3 Å². The average Bonchev–Trinajstić information content (AvgIpc) is 2.48. The third-order valence-corrected chi connectivity index (χ3v) is 16.2. The fourth-order valence-electron chi connectivity index (χ4n) is 3.50. The standard InChI is InChI=1S/C18H45NO3SSi3/c1-10-20-26(21-11-2,22-12-3)18-14-17-23-16-13-15-19(24(4,5)6)25(7,8)9/h10-18H2,1-9H3. The second-order valence-corrected chi connectivity index (χ2v) is 22.7. The van der Waals surface area contributed by atoms with Crippen LogP contribution in [-0.4, -0.2) is 67.4 Å². The maximum absolute atomic E-state index is 5.93. The van der Waals surface area contributed by atoms with Gasteiger partial charge in [0.1, 0.15) is 16.5 Å². The first-order valence-electron chi connectivity index (χ1n) is 10.3. The van der Waals surface area contributed by atoms with Crippen LogP contribution in [0.15, 0.2) is 0 Å². The van der Waals surface area contributed by atoms with Crippen molar-refractivity contribution in [2.75, 3.05) is 37.9 Å². The van der Waals surface area contributed by atoms with Gasteiger partial charge in [-0.1, -0.05) is 39.3 Å². The fourth-order valence-corrected chi connectivity index (χ4v) is 17.0. The van der Waals surface area contributed by atoms with Crippen molar-refractivity contribution in [2.45, 2.75) is 78.9 Å². The van der Waals surface area contributed by atoms with Crippen molar-refractivity contribution in [1.82, 2.24) is 4.23 Å². The van der Waals surface area contributed by atoms with E-state index in [4.69, 9.17) is 13.3 Å². The molecule has 0 atom stereocenters. The molecule has 0 amide bonds. The summed E-state index contributed by atoms with van der Waals surface area (Å²) in [6.07, 6.45) is 2.41. The summed E-state index contributed by atoms with van der Waals surface area (Å²) in [5.41, 5.74) is 0. The largest absolute Gasteiger partial charge is 0.500 e. The van der Waals surface area contributed by atoms with Crippen molar-refractivity contribution in [3.05, 3.63) is 0 Å². The molecular formula is C18H45NO3SSi3. The van der Waals surface area contributed by atoms with Gasteiger partial charge in [-0.25, -0.2) is 0 Å². The van der Waals surface area contributed by atoms with E-state index in [0.717, 1.165) is 12.5 Å². The fraction of sp³-hybridized carbons (Fsp3) is 1.00. The second kappa shape index (κ2) is 13.1. The molecular weight excluding hydrogens is 395 g/mol. The molecule has 0 saturated carbocycles. The van der Waals surface area contributed by atoms with Crippen LogP contribution < -0.4 is 0 Å². The molecule has 0 heterocycles. The van der Waals surface area contributed by atoms with Gasteiger partial charge in [-0.15, -0.1) is 0 Å². The first-order chi connectivity index (χ1) is 12.0. The molecule has 0 saturated heterocycles. The lowest BCUT2D eigenvalue weighted by Crippen LogP contribution is -2.59. The Labute approximate surface area is 171 Å². The molecule has 0 aliphatic heterocycles. The quantitative estimate of drug-likeness (QED) is 0.233. The van der Waals surface area contributed by atoms with E-state index >= 15 is 0 Å². The van der Waals surface area contributed by atoms with Crippen molar-refractivity contribution in [1.29, 1.82) is 0 Å². The maximum Gasteiger partial charge on any atom is 0.500 e. The molecule has 0 bridgehead atoms. The number of thioether (sulfide) groups is 1. The molecule has 0 N–H and O–H groups in total. The summed E-state index contributed by atoms with van der Waals surface area (Å²) in [5, 5.41) is 0. The molecule has 0 aromatic heterocycles. The summed E-state index contributed by atoms with van der Waals surface area (Å²) in [7, 11) is -4.86. The van der Waals surface area contributed by atoms with Crippen molar-refractivity contribution in [3.63, 3.8) is 0 Å². The van der Waals surface area contributed by atoms with E-state index < -0.39 is 25.3 Å². The van der Waals surface area contributed by atoms with Crippen LogP contribution in [0.5, 0.6) is 0 Å². The molecule has 26 heavy (non-hydrogen) atoms. The topological polar surface area (TPSA) is 30.9 Å². The Kier molecular flexibility index (Phi) is 13.6. The number of hydrogen-bond acceptors (Lipinski definition) is 5. The Bertz CT molecular complexity index is 332. The van der Waals surface area contributed by atoms with Crippen LogP contribution in [0.2, 0.25) is 45.3 Å². The first-order valence-corrected chi connectivity index (χ1v) is 20.3. The van der Waals surface area contributed by atoms with Crippen molar-refractivity contribution < 1.29 is 13.3 Å². The van der Waals surface area contributed by atoms with E-state index in [-0.39, 0.29) is 0 Å². The molecule has 0 radical (unpaired) electrons. The third kappa shape index (κ3) is 11.0. The Morgan fingerprint density at radius 1 is 0.692 bits per heavy atom. The smallest absolute Gasteiger partial charge is 0.374 e. The van der Waals surface area contributed by atoms with Crippen LogP contribution >= 0.6 is 11.8 Å². The van der Waals surface area contributed by atoms with Crippen LogP contribution in [0.3, 0.4) is 0 Å².